The van der Waals surface area contributed by atoms with Gasteiger partial charge in [0, 0.05) is 16.8 Å². The summed E-state index contributed by atoms with van der Waals surface area (Å²) in [6.07, 6.45) is 1.69. The maximum absolute atomic E-state index is 10.5. The largest absolute Gasteiger partial charge is 0.478 e. The fourth-order valence-electron chi connectivity index (χ4n) is 1.14. The molecule has 0 atom stereocenters. The number of rotatable bonds is 4. The van der Waals surface area contributed by atoms with Crippen LogP contribution in [0, 0.1) is 0 Å². The van der Waals surface area contributed by atoms with Crippen LogP contribution >= 0.6 is 23.2 Å². The summed E-state index contributed by atoms with van der Waals surface area (Å²) in [4.78, 5) is 10.5. The van der Waals surface area contributed by atoms with E-state index in [9.17, 15) is 4.79 Å². The highest BCUT2D eigenvalue weighted by atomic mass is 35.5. The van der Waals surface area contributed by atoms with Crippen molar-refractivity contribution in [2.45, 2.75) is 13.3 Å². The van der Waals surface area contributed by atoms with Gasteiger partial charge in [0.05, 0.1) is 10.7 Å². The lowest BCUT2D eigenvalue weighted by Crippen LogP contribution is -2.02. The summed E-state index contributed by atoms with van der Waals surface area (Å²) in [5.41, 5.74) is 1.22. The molecule has 0 bridgehead atoms. The molecule has 0 saturated carbocycles. The SMILES string of the molecule is CCC(=CC(=O)O)Nc1ccc(Cl)cc1Cl. The Balaban J connectivity index is 2.90. The average Bonchev–Trinajstić information content (AvgIpc) is 2.20. The highest BCUT2D eigenvalue weighted by Gasteiger charge is 2.03. The molecule has 1 aromatic carbocycles. The second-order valence-corrected chi connectivity index (χ2v) is 3.95. The van der Waals surface area contributed by atoms with E-state index in [0.717, 1.165) is 6.08 Å². The van der Waals surface area contributed by atoms with Crippen LogP contribution in [0.1, 0.15) is 13.3 Å². The van der Waals surface area contributed by atoms with Crippen LogP contribution < -0.4 is 5.32 Å². The van der Waals surface area contributed by atoms with Crippen molar-refractivity contribution in [3.05, 3.63) is 40.0 Å². The van der Waals surface area contributed by atoms with Crippen LogP contribution in [0.4, 0.5) is 5.69 Å². The van der Waals surface area contributed by atoms with Crippen molar-refractivity contribution in [2.24, 2.45) is 0 Å². The van der Waals surface area contributed by atoms with Crippen LogP contribution in [-0.4, -0.2) is 11.1 Å². The van der Waals surface area contributed by atoms with Gasteiger partial charge >= 0.3 is 5.97 Å². The number of benzene rings is 1. The third-order valence-corrected chi connectivity index (χ3v) is 2.45. The summed E-state index contributed by atoms with van der Waals surface area (Å²) in [7, 11) is 0. The highest BCUT2D eigenvalue weighted by molar-refractivity contribution is 6.36. The second-order valence-electron chi connectivity index (χ2n) is 3.11. The van der Waals surface area contributed by atoms with E-state index in [4.69, 9.17) is 28.3 Å². The molecular weight excluding hydrogens is 249 g/mol. The van der Waals surface area contributed by atoms with Crippen molar-refractivity contribution in [3.63, 3.8) is 0 Å². The quantitative estimate of drug-likeness (QED) is 0.810. The van der Waals surface area contributed by atoms with Crippen molar-refractivity contribution < 1.29 is 9.90 Å². The normalized spacial score (nSPS) is 11.3. The molecule has 0 amide bonds. The molecule has 0 aliphatic rings. The number of anilines is 1. The summed E-state index contributed by atoms with van der Waals surface area (Å²) in [6, 6.07) is 4.99. The van der Waals surface area contributed by atoms with Gasteiger partial charge in [0.15, 0.2) is 0 Å². The van der Waals surface area contributed by atoms with Gasteiger partial charge < -0.3 is 10.4 Å². The summed E-state index contributed by atoms with van der Waals surface area (Å²) in [5, 5.41) is 12.6. The molecule has 5 heteroatoms. The van der Waals surface area contributed by atoms with E-state index < -0.39 is 5.97 Å². The van der Waals surface area contributed by atoms with Gasteiger partial charge in [-0.15, -0.1) is 0 Å². The van der Waals surface area contributed by atoms with E-state index in [2.05, 4.69) is 5.32 Å². The molecule has 0 aliphatic heterocycles. The molecule has 1 rings (SSSR count). The first-order valence-corrected chi connectivity index (χ1v) is 5.44. The molecule has 3 nitrogen and oxygen atoms in total. The van der Waals surface area contributed by atoms with Crippen molar-refractivity contribution >= 4 is 34.9 Å². The van der Waals surface area contributed by atoms with Crippen molar-refractivity contribution in [3.8, 4) is 0 Å². The predicted octanol–water partition coefficient (Wildman–Crippen LogP) is 3.78. The monoisotopic (exact) mass is 259 g/mol. The molecule has 2 N–H and O–H groups in total. The van der Waals surface area contributed by atoms with Crippen LogP contribution in [0.15, 0.2) is 30.0 Å². The molecule has 86 valence electrons. The number of aliphatic carboxylic acids is 1. The minimum absolute atomic E-state index is 0.456. The van der Waals surface area contributed by atoms with Gasteiger partial charge in [-0.2, -0.15) is 0 Å². The van der Waals surface area contributed by atoms with E-state index in [1.165, 1.54) is 0 Å². The third-order valence-electron chi connectivity index (χ3n) is 1.90. The molecule has 16 heavy (non-hydrogen) atoms. The summed E-state index contributed by atoms with van der Waals surface area (Å²) >= 11 is 11.7. The standard InChI is InChI=1S/C11H11Cl2NO2/c1-2-8(6-11(15)16)14-10-4-3-7(12)5-9(10)13/h3-6,14H,2H2,1H3,(H,15,16). The van der Waals surface area contributed by atoms with Crippen LogP contribution in [0.25, 0.3) is 0 Å². The maximum Gasteiger partial charge on any atom is 0.330 e. The minimum Gasteiger partial charge on any atom is -0.478 e. The predicted molar refractivity (Wildman–Crippen MR) is 66.1 cm³/mol. The van der Waals surface area contributed by atoms with Crippen molar-refractivity contribution in [1.82, 2.24) is 0 Å². The lowest BCUT2D eigenvalue weighted by Gasteiger charge is -2.10. The smallest absolute Gasteiger partial charge is 0.330 e. The van der Waals surface area contributed by atoms with Gasteiger partial charge in [-0.05, 0) is 24.6 Å². The summed E-state index contributed by atoms with van der Waals surface area (Å²) in [6.45, 7) is 1.85. The molecule has 0 radical (unpaired) electrons. The zero-order valence-corrected chi connectivity index (χ0v) is 10.1. The molecule has 0 aromatic heterocycles. The molecule has 0 saturated heterocycles. The molecule has 0 unspecified atom stereocenters. The first-order valence-electron chi connectivity index (χ1n) is 4.68. The van der Waals surface area contributed by atoms with E-state index in [-0.39, 0.29) is 0 Å². The molecule has 1 aromatic rings. The zero-order chi connectivity index (χ0) is 12.1. The lowest BCUT2D eigenvalue weighted by atomic mass is 10.2. The average molecular weight is 260 g/mol. The summed E-state index contributed by atoms with van der Waals surface area (Å²) in [5.74, 6) is -0.991. The first-order chi connectivity index (χ1) is 7.52. The van der Waals surface area contributed by atoms with Crippen molar-refractivity contribution in [2.75, 3.05) is 5.32 Å². The molecule has 0 fully saturated rings. The van der Waals surface area contributed by atoms with Gasteiger partial charge in [-0.3, -0.25) is 0 Å². The van der Waals surface area contributed by atoms with Crippen LogP contribution in [0.5, 0.6) is 0 Å². The zero-order valence-electron chi connectivity index (χ0n) is 8.63. The molecular formula is C11H11Cl2NO2. The number of hydrogen-bond acceptors (Lipinski definition) is 2. The Morgan fingerprint density at radius 2 is 2.19 bits per heavy atom. The Labute approximate surface area is 104 Å². The molecule has 0 aliphatic carbocycles. The van der Waals surface area contributed by atoms with Gasteiger partial charge in [-0.1, -0.05) is 30.1 Å². The summed E-state index contributed by atoms with van der Waals surface area (Å²) < 4.78 is 0. The van der Waals surface area contributed by atoms with Gasteiger partial charge in [0.2, 0.25) is 0 Å². The second kappa shape index (κ2) is 5.77. The van der Waals surface area contributed by atoms with E-state index in [1.54, 1.807) is 18.2 Å². The number of halogens is 2. The van der Waals surface area contributed by atoms with E-state index >= 15 is 0 Å². The number of hydrogen-bond donors (Lipinski definition) is 2. The first kappa shape index (κ1) is 12.9. The molecule has 0 heterocycles. The third kappa shape index (κ3) is 3.76. The molecule has 0 spiro atoms. The Hall–Kier alpha value is -1.19. The van der Waals surface area contributed by atoms with Gasteiger partial charge in [0.1, 0.15) is 0 Å². The van der Waals surface area contributed by atoms with Crippen LogP contribution in [-0.2, 0) is 4.79 Å². The number of carbonyl (C=O) groups is 1. The Kier molecular flexibility index (Phi) is 4.65. The Morgan fingerprint density at radius 1 is 1.50 bits per heavy atom. The Morgan fingerprint density at radius 3 is 2.69 bits per heavy atom. The number of carboxylic acid groups (broad SMARTS) is 1. The van der Waals surface area contributed by atoms with Crippen LogP contribution in [0.2, 0.25) is 10.0 Å². The number of allylic oxidation sites excluding steroid dienone is 1. The Bertz CT molecular complexity index is 430. The fourth-order valence-corrected chi connectivity index (χ4v) is 1.60. The van der Waals surface area contributed by atoms with Crippen LogP contribution in [0.3, 0.4) is 0 Å². The van der Waals surface area contributed by atoms with Gasteiger partial charge in [-0.25, -0.2) is 4.79 Å². The van der Waals surface area contributed by atoms with E-state index in [0.29, 0.717) is 27.9 Å². The van der Waals surface area contributed by atoms with E-state index in [1.807, 2.05) is 6.92 Å². The van der Waals surface area contributed by atoms with Crippen molar-refractivity contribution in [1.29, 1.82) is 0 Å². The van der Waals surface area contributed by atoms with Gasteiger partial charge in [0.25, 0.3) is 0 Å². The highest BCUT2D eigenvalue weighted by Crippen LogP contribution is 2.26. The number of carboxylic acids is 1. The number of nitrogens with one attached hydrogen (secondary N) is 1. The fraction of sp³-hybridized carbons (Fsp3) is 0.182. The minimum atomic E-state index is -0.991. The lowest BCUT2D eigenvalue weighted by molar-refractivity contribution is -0.131. The maximum atomic E-state index is 10.5. The topological polar surface area (TPSA) is 49.3 Å².